The molecule has 1 aliphatic rings. The number of carbonyl (C=O) groups is 4. The lowest BCUT2D eigenvalue weighted by molar-refractivity contribution is -0.0357. The Morgan fingerprint density at radius 2 is 1.09 bits per heavy atom. The lowest BCUT2D eigenvalue weighted by Gasteiger charge is -2.53. The molecule has 0 saturated carbocycles. The van der Waals surface area contributed by atoms with Gasteiger partial charge in [0.2, 0.25) is 0 Å². The van der Waals surface area contributed by atoms with Crippen LogP contribution in [0.3, 0.4) is 0 Å². The second-order valence-electron chi connectivity index (χ2n) is 9.56. The van der Waals surface area contributed by atoms with Gasteiger partial charge in [0.25, 0.3) is 8.32 Å². The summed E-state index contributed by atoms with van der Waals surface area (Å²) < 4.78 is 6.78. The van der Waals surface area contributed by atoms with Crippen LogP contribution in [0.1, 0.15) is 75.5 Å². The highest BCUT2D eigenvalue weighted by Gasteiger charge is 2.54. The molecular weight excluding hydrogens is 460 g/mol. The minimum atomic E-state index is -3.34. The number of rotatable bonds is 6. The molecule has 0 aromatic heterocycles. The molecule has 4 N–H and O–H groups in total. The number of carboxylic acid groups (broad SMARTS) is 4. The van der Waals surface area contributed by atoms with Gasteiger partial charge in [0.05, 0.1) is 27.9 Å². The molecule has 0 unspecified atom stereocenters. The average molecular weight is 487 g/mol. The molecule has 0 spiro atoms. The molecule has 0 radical (unpaired) electrons. The molecule has 34 heavy (non-hydrogen) atoms. The number of hydrogen-bond donors (Lipinski definition) is 4. The van der Waals surface area contributed by atoms with Gasteiger partial charge in [-0.2, -0.15) is 0 Å². The van der Waals surface area contributed by atoms with Crippen LogP contribution in [0.15, 0.2) is 36.4 Å². The SMILES string of the molecule is CC1(C)CC[Si](c2ccc(C(=O)O)c(C(=O)O)c2)(c2ccc(C(=O)O)c(C(=O)O)c2)OC1(C)C. The molecule has 0 atom stereocenters. The van der Waals surface area contributed by atoms with Crippen LogP contribution in [0.2, 0.25) is 6.04 Å². The topological polar surface area (TPSA) is 158 Å². The van der Waals surface area contributed by atoms with Crippen molar-refractivity contribution in [3.05, 3.63) is 58.7 Å². The lowest BCUT2D eigenvalue weighted by Crippen LogP contribution is -2.69. The molecule has 2 aromatic carbocycles. The van der Waals surface area contributed by atoms with Gasteiger partial charge < -0.3 is 24.9 Å². The summed E-state index contributed by atoms with van der Waals surface area (Å²) in [5, 5.41) is 39.1. The second-order valence-corrected chi connectivity index (χ2v) is 13.1. The van der Waals surface area contributed by atoms with Crippen molar-refractivity contribution in [2.24, 2.45) is 5.41 Å². The first kappa shape index (κ1) is 25.1. The number of aromatic carboxylic acids is 4. The van der Waals surface area contributed by atoms with E-state index in [1.165, 1.54) is 36.4 Å². The van der Waals surface area contributed by atoms with Crippen LogP contribution in [-0.4, -0.2) is 58.2 Å². The smallest absolute Gasteiger partial charge is 0.336 e. The average Bonchev–Trinajstić information content (AvgIpc) is 2.74. The molecule has 1 saturated heterocycles. The van der Waals surface area contributed by atoms with E-state index in [2.05, 4.69) is 0 Å². The highest BCUT2D eigenvalue weighted by molar-refractivity contribution is 6.97. The fraction of sp³-hybridized carbons (Fsp3) is 0.333. The van der Waals surface area contributed by atoms with Crippen molar-refractivity contribution in [3.63, 3.8) is 0 Å². The molecule has 3 rings (SSSR count). The van der Waals surface area contributed by atoms with Crippen LogP contribution in [0.5, 0.6) is 0 Å². The molecule has 2 aromatic rings. The minimum absolute atomic E-state index is 0.267. The third-order valence-corrected chi connectivity index (χ3v) is 11.4. The van der Waals surface area contributed by atoms with E-state index >= 15 is 0 Å². The highest BCUT2D eigenvalue weighted by atomic mass is 28.4. The first-order valence-electron chi connectivity index (χ1n) is 10.6. The van der Waals surface area contributed by atoms with Gasteiger partial charge in [-0.15, -0.1) is 0 Å². The molecule has 0 aliphatic carbocycles. The number of hydrogen-bond acceptors (Lipinski definition) is 5. The van der Waals surface area contributed by atoms with Crippen molar-refractivity contribution in [2.45, 2.75) is 45.8 Å². The highest BCUT2D eigenvalue weighted by Crippen LogP contribution is 2.46. The second kappa shape index (κ2) is 8.37. The monoisotopic (exact) mass is 486 g/mol. The van der Waals surface area contributed by atoms with E-state index < -0.39 is 48.9 Å². The standard InChI is InChI=1S/C24H26O9Si/c1-23(2)9-10-34(33-24(23,3)4,13-5-7-15(19(25)26)17(11-13)21(29)30)14-6-8-16(20(27)28)18(12-14)22(31)32/h5-8,11-12H,9-10H2,1-4H3,(H,25,26)(H,27,28)(H,29,30)(H,31,32). The van der Waals surface area contributed by atoms with Crippen molar-refractivity contribution < 1.29 is 44.0 Å². The van der Waals surface area contributed by atoms with Crippen molar-refractivity contribution in [2.75, 3.05) is 0 Å². The minimum Gasteiger partial charge on any atom is -0.478 e. The summed E-state index contributed by atoms with van der Waals surface area (Å²) >= 11 is 0. The third-order valence-electron chi connectivity index (χ3n) is 7.05. The van der Waals surface area contributed by atoms with E-state index in [4.69, 9.17) is 4.43 Å². The van der Waals surface area contributed by atoms with Gasteiger partial charge in [-0.1, -0.05) is 26.0 Å². The molecule has 1 fully saturated rings. The fourth-order valence-corrected chi connectivity index (χ4v) is 9.14. The summed E-state index contributed by atoms with van der Waals surface area (Å²) in [6.07, 6.45) is 0.665. The molecule has 9 nitrogen and oxygen atoms in total. The summed E-state index contributed by atoms with van der Waals surface area (Å²) in [5.74, 6) is -5.59. The molecular formula is C24H26O9Si. The van der Waals surface area contributed by atoms with Gasteiger partial charge in [-0.05, 0) is 66.4 Å². The Labute approximate surface area is 196 Å². The summed E-state index contributed by atoms with van der Waals surface area (Å²) in [5.41, 5.74) is -2.52. The van der Waals surface area contributed by atoms with E-state index in [0.717, 1.165) is 0 Å². The zero-order chi connectivity index (χ0) is 25.6. The van der Waals surface area contributed by atoms with Gasteiger partial charge in [0.15, 0.2) is 0 Å². The van der Waals surface area contributed by atoms with Crippen molar-refractivity contribution in [3.8, 4) is 0 Å². The van der Waals surface area contributed by atoms with Crippen LogP contribution in [0, 0.1) is 5.41 Å². The molecule has 180 valence electrons. The Balaban J connectivity index is 2.35. The normalized spacial score (nSPS) is 18.1. The number of carboxylic acids is 4. The largest absolute Gasteiger partial charge is 0.478 e. The van der Waals surface area contributed by atoms with Crippen molar-refractivity contribution >= 4 is 42.6 Å². The third kappa shape index (κ3) is 4.10. The zero-order valence-corrected chi connectivity index (χ0v) is 20.2. The zero-order valence-electron chi connectivity index (χ0n) is 19.2. The Morgan fingerprint density at radius 1 is 0.706 bits per heavy atom. The van der Waals surface area contributed by atoms with Gasteiger partial charge in [0, 0.05) is 0 Å². The van der Waals surface area contributed by atoms with Gasteiger partial charge in [-0.25, -0.2) is 19.2 Å². The van der Waals surface area contributed by atoms with E-state index in [9.17, 15) is 39.6 Å². The van der Waals surface area contributed by atoms with Gasteiger partial charge in [-0.3, -0.25) is 0 Å². The molecule has 1 aliphatic heterocycles. The molecule has 0 bridgehead atoms. The molecule has 10 heteroatoms. The van der Waals surface area contributed by atoms with Gasteiger partial charge >= 0.3 is 23.9 Å². The maximum atomic E-state index is 11.9. The van der Waals surface area contributed by atoms with Crippen LogP contribution in [0.4, 0.5) is 0 Å². The quantitative estimate of drug-likeness (QED) is 0.450. The Morgan fingerprint density at radius 3 is 1.41 bits per heavy atom. The van der Waals surface area contributed by atoms with Gasteiger partial charge in [0.1, 0.15) is 0 Å². The first-order chi connectivity index (χ1) is 15.6. The first-order valence-corrected chi connectivity index (χ1v) is 12.7. The molecule has 0 amide bonds. The summed E-state index contributed by atoms with van der Waals surface area (Å²) in [4.78, 5) is 46.9. The summed E-state index contributed by atoms with van der Waals surface area (Å²) in [6.45, 7) is 7.89. The fourth-order valence-electron chi connectivity index (χ4n) is 4.31. The maximum Gasteiger partial charge on any atom is 0.336 e. The Bertz CT molecular complexity index is 1140. The predicted molar refractivity (Wildman–Crippen MR) is 124 cm³/mol. The maximum absolute atomic E-state index is 11.9. The van der Waals surface area contributed by atoms with E-state index in [0.29, 0.717) is 22.8 Å². The predicted octanol–water partition coefficient (Wildman–Crippen LogP) is 2.76. The number of benzene rings is 2. The van der Waals surface area contributed by atoms with E-state index in [1.54, 1.807) is 0 Å². The Hall–Kier alpha value is -3.50. The Kier molecular flexibility index (Phi) is 6.19. The van der Waals surface area contributed by atoms with Crippen LogP contribution in [-0.2, 0) is 4.43 Å². The van der Waals surface area contributed by atoms with E-state index in [1.807, 2.05) is 27.7 Å². The van der Waals surface area contributed by atoms with Crippen LogP contribution < -0.4 is 10.4 Å². The van der Waals surface area contributed by atoms with Crippen LogP contribution >= 0.6 is 0 Å². The summed E-state index contributed by atoms with van der Waals surface area (Å²) in [7, 11) is -3.34. The van der Waals surface area contributed by atoms with Crippen molar-refractivity contribution in [1.29, 1.82) is 0 Å². The van der Waals surface area contributed by atoms with Crippen molar-refractivity contribution in [1.82, 2.24) is 0 Å². The summed E-state index contributed by atoms with van der Waals surface area (Å²) in [6, 6.07) is 8.51. The molecule has 1 heterocycles. The van der Waals surface area contributed by atoms with Crippen LogP contribution in [0.25, 0.3) is 0 Å². The van der Waals surface area contributed by atoms with E-state index in [-0.39, 0.29) is 16.5 Å². The lowest BCUT2D eigenvalue weighted by atomic mass is 9.75.